The Hall–Kier alpha value is -0.890. The molecule has 0 aliphatic heterocycles. The number of benzene rings is 1. The molecule has 0 bridgehead atoms. The Balaban J connectivity index is 2.76. The van der Waals surface area contributed by atoms with Crippen LogP contribution in [0.1, 0.15) is 5.56 Å². The fraction of sp³-hybridized carbons (Fsp3) is 0.273. The average molecular weight is 226 g/mol. The van der Waals surface area contributed by atoms with Crippen molar-refractivity contribution >= 4 is 13.2 Å². The van der Waals surface area contributed by atoms with Crippen molar-refractivity contribution in [1.82, 2.24) is 0 Å². The summed E-state index contributed by atoms with van der Waals surface area (Å²) < 4.78 is 21.5. The van der Waals surface area contributed by atoms with Gasteiger partial charge >= 0.3 is 7.60 Å². The van der Waals surface area contributed by atoms with Gasteiger partial charge in [-0.25, -0.2) is 0 Å². The minimum Gasteiger partial charge on any atom is -0.312 e. The number of hydrogen-bond donors (Lipinski definition) is 0. The molecule has 0 amide bonds. The summed E-state index contributed by atoms with van der Waals surface area (Å²) in [5, 5.41) is 0. The van der Waals surface area contributed by atoms with Crippen molar-refractivity contribution in [3.05, 3.63) is 42.5 Å². The van der Waals surface area contributed by atoms with Gasteiger partial charge in [-0.3, -0.25) is 4.57 Å². The van der Waals surface area contributed by atoms with Gasteiger partial charge in [0.2, 0.25) is 0 Å². The van der Waals surface area contributed by atoms with Crippen LogP contribution in [0.4, 0.5) is 0 Å². The monoisotopic (exact) mass is 226 g/mol. The first-order valence-electron chi connectivity index (χ1n) is 4.55. The van der Waals surface area contributed by atoms with Gasteiger partial charge in [0.1, 0.15) is 0 Å². The zero-order chi connectivity index (χ0) is 11.3. The third-order valence-electron chi connectivity index (χ3n) is 2.12. The van der Waals surface area contributed by atoms with E-state index in [-0.39, 0.29) is 6.16 Å². The van der Waals surface area contributed by atoms with Crippen molar-refractivity contribution in [2.75, 3.05) is 20.4 Å². The van der Waals surface area contributed by atoms with Gasteiger partial charge < -0.3 is 9.05 Å². The predicted octanol–water partition coefficient (Wildman–Crippen LogP) is 3.19. The van der Waals surface area contributed by atoms with Crippen molar-refractivity contribution in [3.63, 3.8) is 0 Å². The van der Waals surface area contributed by atoms with E-state index in [2.05, 4.69) is 6.58 Å². The highest BCUT2D eigenvalue weighted by Crippen LogP contribution is 2.49. The molecule has 15 heavy (non-hydrogen) atoms. The molecular weight excluding hydrogens is 211 g/mol. The van der Waals surface area contributed by atoms with Crippen LogP contribution in [0.3, 0.4) is 0 Å². The number of hydrogen-bond acceptors (Lipinski definition) is 3. The van der Waals surface area contributed by atoms with Gasteiger partial charge in [-0.05, 0) is 11.1 Å². The molecule has 1 aromatic rings. The fourth-order valence-corrected chi connectivity index (χ4v) is 2.26. The average Bonchev–Trinajstić information content (AvgIpc) is 2.30. The molecule has 0 N–H and O–H groups in total. The van der Waals surface area contributed by atoms with Crippen LogP contribution in [-0.4, -0.2) is 20.4 Å². The first-order chi connectivity index (χ1) is 7.11. The highest BCUT2D eigenvalue weighted by Gasteiger charge is 2.22. The topological polar surface area (TPSA) is 35.5 Å². The molecule has 0 spiro atoms. The molecule has 1 rings (SSSR count). The highest BCUT2D eigenvalue weighted by molar-refractivity contribution is 7.54. The van der Waals surface area contributed by atoms with Gasteiger partial charge in [-0.1, -0.05) is 36.9 Å². The van der Waals surface area contributed by atoms with Crippen LogP contribution in [-0.2, 0) is 13.6 Å². The Bertz CT molecular complexity index is 365. The second-order valence-electron chi connectivity index (χ2n) is 3.10. The highest BCUT2D eigenvalue weighted by atomic mass is 31.2. The van der Waals surface area contributed by atoms with E-state index in [1.165, 1.54) is 14.2 Å². The molecule has 0 saturated carbocycles. The maximum Gasteiger partial charge on any atom is 0.334 e. The van der Waals surface area contributed by atoms with E-state index in [1.807, 2.05) is 30.3 Å². The zero-order valence-corrected chi connectivity index (χ0v) is 9.87. The van der Waals surface area contributed by atoms with Gasteiger partial charge in [-0.2, -0.15) is 0 Å². The molecule has 0 aliphatic carbocycles. The van der Waals surface area contributed by atoms with Crippen LogP contribution in [0.15, 0.2) is 36.9 Å². The van der Waals surface area contributed by atoms with Gasteiger partial charge in [-0.15, -0.1) is 0 Å². The molecule has 0 saturated heterocycles. The summed E-state index contributed by atoms with van der Waals surface area (Å²) in [4.78, 5) is 0. The van der Waals surface area contributed by atoms with Crippen molar-refractivity contribution in [1.29, 1.82) is 0 Å². The van der Waals surface area contributed by atoms with Gasteiger partial charge in [0.05, 0.1) is 6.16 Å². The molecule has 4 heteroatoms. The van der Waals surface area contributed by atoms with E-state index in [0.29, 0.717) is 0 Å². The Labute approximate surface area is 90.3 Å². The van der Waals surface area contributed by atoms with Crippen LogP contribution in [0.5, 0.6) is 0 Å². The normalized spacial score (nSPS) is 11.3. The Morgan fingerprint density at radius 1 is 1.27 bits per heavy atom. The van der Waals surface area contributed by atoms with Crippen molar-refractivity contribution in [2.24, 2.45) is 0 Å². The van der Waals surface area contributed by atoms with E-state index in [0.717, 1.165) is 11.1 Å². The first-order valence-corrected chi connectivity index (χ1v) is 6.28. The second kappa shape index (κ2) is 5.26. The van der Waals surface area contributed by atoms with E-state index < -0.39 is 7.60 Å². The lowest BCUT2D eigenvalue weighted by molar-refractivity contribution is 0.279. The molecule has 3 nitrogen and oxygen atoms in total. The van der Waals surface area contributed by atoms with Crippen LogP contribution < -0.4 is 0 Å². The third kappa shape index (κ3) is 3.31. The lowest BCUT2D eigenvalue weighted by atomic mass is 10.1. The summed E-state index contributed by atoms with van der Waals surface area (Å²) in [5.41, 5.74) is 1.70. The summed E-state index contributed by atoms with van der Waals surface area (Å²) in [6.07, 6.45) is 0.212. The van der Waals surface area contributed by atoms with Gasteiger partial charge in [0.25, 0.3) is 0 Å². The van der Waals surface area contributed by atoms with E-state index in [4.69, 9.17) is 9.05 Å². The summed E-state index contributed by atoms with van der Waals surface area (Å²) >= 11 is 0. The lowest BCUT2D eigenvalue weighted by Crippen LogP contribution is -1.96. The zero-order valence-electron chi connectivity index (χ0n) is 8.97. The maximum atomic E-state index is 11.8. The molecule has 1 aromatic carbocycles. The fourth-order valence-electron chi connectivity index (χ4n) is 1.20. The second-order valence-corrected chi connectivity index (χ2v) is 5.37. The summed E-state index contributed by atoms with van der Waals surface area (Å²) in [6, 6.07) is 9.56. The van der Waals surface area contributed by atoms with Crippen molar-refractivity contribution < 1.29 is 13.6 Å². The Kier molecular flexibility index (Phi) is 4.28. The minimum absolute atomic E-state index is 0.212. The number of rotatable bonds is 5. The van der Waals surface area contributed by atoms with Crippen LogP contribution >= 0.6 is 7.60 Å². The van der Waals surface area contributed by atoms with Gasteiger partial charge in [0.15, 0.2) is 0 Å². The minimum atomic E-state index is -3.00. The lowest BCUT2D eigenvalue weighted by Gasteiger charge is -2.14. The molecular formula is C11H15O3P. The van der Waals surface area contributed by atoms with Crippen LogP contribution in [0, 0.1) is 0 Å². The molecule has 82 valence electrons. The summed E-state index contributed by atoms with van der Waals surface area (Å²) in [6.45, 7) is 3.87. The standard InChI is InChI=1S/C11H15O3P/c1-10(9-15(12,13-2)14-3)11-7-5-4-6-8-11/h4-8H,1,9H2,2-3H3. The number of allylic oxidation sites excluding steroid dienone is 1. The predicted molar refractivity (Wildman–Crippen MR) is 62.0 cm³/mol. The molecule has 0 atom stereocenters. The SMILES string of the molecule is C=C(CP(=O)(OC)OC)c1ccccc1. The molecule has 0 fully saturated rings. The quantitative estimate of drug-likeness (QED) is 0.723. The first kappa shape index (κ1) is 12.2. The van der Waals surface area contributed by atoms with Crippen LogP contribution in [0.2, 0.25) is 0 Å². The maximum absolute atomic E-state index is 11.8. The van der Waals surface area contributed by atoms with E-state index in [1.54, 1.807) is 0 Å². The van der Waals surface area contributed by atoms with Gasteiger partial charge in [0, 0.05) is 14.2 Å². The molecule has 0 heterocycles. The summed E-state index contributed by atoms with van der Waals surface area (Å²) in [5.74, 6) is 0. The molecule has 0 aromatic heterocycles. The third-order valence-corrected chi connectivity index (χ3v) is 4.00. The molecule has 0 aliphatic rings. The molecule has 0 radical (unpaired) electrons. The van der Waals surface area contributed by atoms with Crippen molar-refractivity contribution in [2.45, 2.75) is 0 Å². The summed E-state index contributed by atoms with van der Waals surface area (Å²) in [7, 11) is -0.247. The van der Waals surface area contributed by atoms with E-state index in [9.17, 15) is 4.57 Å². The van der Waals surface area contributed by atoms with Crippen LogP contribution in [0.25, 0.3) is 5.57 Å². The smallest absolute Gasteiger partial charge is 0.312 e. The Morgan fingerprint density at radius 3 is 2.27 bits per heavy atom. The Morgan fingerprint density at radius 2 is 1.80 bits per heavy atom. The largest absolute Gasteiger partial charge is 0.334 e. The van der Waals surface area contributed by atoms with Crippen molar-refractivity contribution in [3.8, 4) is 0 Å². The molecule has 0 unspecified atom stereocenters. The van der Waals surface area contributed by atoms with E-state index >= 15 is 0 Å².